The van der Waals surface area contributed by atoms with Gasteiger partial charge in [0.1, 0.15) is 0 Å². The minimum Gasteiger partial charge on any atom is -0.212 e. The van der Waals surface area contributed by atoms with Crippen LogP contribution in [0.5, 0.6) is 0 Å². The average Bonchev–Trinajstić information content (AvgIpc) is 2.34. The maximum absolute atomic E-state index is 11.4. The number of hydrogen-bond donors (Lipinski definition) is 1. The van der Waals surface area contributed by atoms with Crippen LogP contribution in [-0.2, 0) is 15.8 Å². The molecular formula is C8H13NO2S2. The molecule has 0 aliphatic heterocycles. The molecule has 0 spiro atoms. The quantitative estimate of drug-likeness (QED) is 0.835. The summed E-state index contributed by atoms with van der Waals surface area (Å²) in [5, 5.41) is 1.88. The number of sulfonamides is 1. The molecule has 1 heterocycles. The minimum absolute atomic E-state index is 0.0371. The Morgan fingerprint density at radius 2 is 2.23 bits per heavy atom. The molecule has 1 N–H and O–H groups in total. The highest BCUT2D eigenvalue weighted by atomic mass is 32.2. The fourth-order valence-electron chi connectivity index (χ4n) is 0.983. The van der Waals surface area contributed by atoms with E-state index in [2.05, 4.69) is 4.72 Å². The summed E-state index contributed by atoms with van der Waals surface area (Å²) in [6, 6.07) is 3.64. The Morgan fingerprint density at radius 3 is 2.69 bits per heavy atom. The second-order valence-corrected chi connectivity index (χ2v) is 5.90. The summed E-state index contributed by atoms with van der Waals surface area (Å²) in [5.41, 5.74) is 0. The van der Waals surface area contributed by atoms with Gasteiger partial charge in [0, 0.05) is 10.9 Å². The molecule has 0 unspecified atom stereocenters. The van der Waals surface area contributed by atoms with E-state index >= 15 is 0 Å². The van der Waals surface area contributed by atoms with Gasteiger partial charge in [0.05, 0.1) is 5.75 Å². The standard InChI is InChI=1S/C8H13NO2S2/c1-7(2)9-13(10,11)6-8-4-3-5-12-8/h3-5,7,9H,6H2,1-2H3. The lowest BCUT2D eigenvalue weighted by molar-refractivity contribution is 0.569. The molecule has 3 nitrogen and oxygen atoms in total. The highest BCUT2D eigenvalue weighted by Gasteiger charge is 2.12. The summed E-state index contributed by atoms with van der Waals surface area (Å²) in [7, 11) is -3.14. The third-order valence-corrected chi connectivity index (χ3v) is 3.91. The molecule has 0 aromatic carbocycles. The zero-order valence-electron chi connectivity index (χ0n) is 7.65. The SMILES string of the molecule is CC(C)NS(=O)(=O)Cc1cccs1. The van der Waals surface area contributed by atoms with E-state index in [1.54, 1.807) is 0 Å². The first kappa shape index (κ1) is 10.7. The molecule has 0 saturated carbocycles. The van der Waals surface area contributed by atoms with Crippen molar-refractivity contribution in [2.45, 2.75) is 25.6 Å². The van der Waals surface area contributed by atoms with Crippen LogP contribution in [-0.4, -0.2) is 14.5 Å². The number of rotatable bonds is 4. The summed E-state index contributed by atoms with van der Waals surface area (Å²) in [4.78, 5) is 0.869. The Balaban J connectivity index is 2.63. The monoisotopic (exact) mass is 219 g/mol. The van der Waals surface area contributed by atoms with Gasteiger partial charge in [0.2, 0.25) is 10.0 Å². The van der Waals surface area contributed by atoms with Crippen LogP contribution in [0, 0.1) is 0 Å². The van der Waals surface area contributed by atoms with Crippen molar-refractivity contribution in [2.75, 3.05) is 0 Å². The second-order valence-electron chi connectivity index (χ2n) is 3.11. The van der Waals surface area contributed by atoms with Gasteiger partial charge < -0.3 is 0 Å². The summed E-state index contributed by atoms with van der Waals surface area (Å²) < 4.78 is 25.3. The van der Waals surface area contributed by atoms with E-state index in [0.29, 0.717) is 0 Å². The zero-order valence-corrected chi connectivity index (χ0v) is 9.28. The molecule has 74 valence electrons. The van der Waals surface area contributed by atoms with E-state index in [1.807, 2.05) is 31.4 Å². The van der Waals surface area contributed by atoms with E-state index in [9.17, 15) is 8.42 Å². The van der Waals surface area contributed by atoms with E-state index in [4.69, 9.17) is 0 Å². The third-order valence-electron chi connectivity index (χ3n) is 1.33. The van der Waals surface area contributed by atoms with Crippen molar-refractivity contribution in [3.8, 4) is 0 Å². The van der Waals surface area contributed by atoms with Crippen molar-refractivity contribution in [2.24, 2.45) is 0 Å². The molecule has 1 rings (SSSR count). The fourth-order valence-corrected chi connectivity index (χ4v) is 3.48. The van der Waals surface area contributed by atoms with Crippen LogP contribution in [0.15, 0.2) is 17.5 Å². The molecule has 0 radical (unpaired) electrons. The van der Waals surface area contributed by atoms with Crippen LogP contribution < -0.4 is 4.72 Å². The van der Waals surface area contributed by atoms with Crippen LogP contribution in [0.1, 0.15) is 18.7 Å². The third kappa shape index (κ3) is 3.89. The number of nitrogens with one attached hydrogen (secondary N) is 1. The topological polar surface area (TPSA) is 46.2 Å². The predicted molar refractivity (Wildman–Crippen MR) is 55.2 cm³/mol. The fraction of sp³-hybridized carbons (Fsp3) is 0.500. The van der Waals surface area contributed by atoms with Gasteiger partial charge in [-0.1, -0.05) is 6.07 Å². The van der Waals surface area contributed by atoms with E-state index in [-0.39, 0.29) is 11.8 Å². The molecule has 0 aliphatic carbocycles. The molecule has 0 saturated heterocycles. The number of hydrogen-bond acceptors (Lipinski definition) is 3. The first-order chi connectivity index (χ1) is 5.99. The molecule has 0 fully saturated rings. The molecule has 0 bridgehead atoms. The van der Waals surface area contributed by atoms with Crippen molar-refractivity contribution in [3.63, 3.8) is 0 Å². The molecule has 0 atom stereocenters. The summed E-state index contributed by atoms with van der Waals surface area (Å²) in [6.07, 6.45) is 0. The van der Waals surface area contributed by atoms with Gasteiger partial charge >= 0.3 is 0 Å². The molecule has 1 aromatic rings. The molecule has 0 aliphatic rings. The van der Waals surface area contributed by atoms with Gasteiger partial charge in [0.15, 0.2) is 0 Å². The molecule has 0 amide bonds. The molecular weight excluding hydrogens is 206 g/mol. The minimum atomic E-state index is -3.14. The Labute approximate surface area is 82.8 Å². The molecule has 1 aromatic heterocycles. The summed E-state index contributed by atoms with van der Waals surface area (Å²) in [5.74, 6) is 0.0862. The lowest BCUT2D eigenvalue weighted by Crippen LogP contribution is -2.31. The Kier molecular flexibility index (Phi) is 3.47. The summed E-state index contributed by atoms with van der Waals surface area (Å²) >= 11 is 1.46. The van der Waals surface area contributed by atoms with Crippen molar-refractivity contribution >= 4 is 21.4 Å². The van der Waals surface area contributed by atoms with Crippen molar-refractivity contribution in [1.82, 2.24) is 4.72 Å². The number of thiophene rings is 1. The van der Waals surface area contributed by atoms with Gasteiger partial charge in [-0.05, 0) is 25.3 Å². The zero-order chi connectivity index (χ0) is 9.90. The van der Waals surface area contributed by atoms with Crippen LogP contribution in [0.4, 0.5) is 0 Å². The van der Waals surface area contributed by atoms with Gasteiger partial charge in [-0.15, -0.1) is 11.3 Å². The summed E-state index contributed by atoms with van der Waals surface area (Å²) in [6.45, 7) is 3.62. The van der Waals surface area contributed by atoms with E-state index < -0.39 is 10.0 Å². The smallest absolute Gasteiger partial charge is 0.212 e. The van der Waals surface area contributed by atoms with Crippen molar-refractivity contribution in [1.29, 1.82) is 0 Å². The van der Waals surface area contributed by atoms with Crippen LogP contribution in [0.2, 0.25) is 0 Å². The first-order valence-corrected chi connectivity index (χ1v) is 6.55. The van der Waals surface area contributed by atoms with Gasteiger partial charge in [-0.2, -0.15) is 0 Å². The Morgan fingerprint density at radius 1 is 1.54 bits per heavy atom. The van der Waals surface area contributed by atoms with Gasteiger partial charge in [0.25, 0.3) is 0 Å². The second kappa shape index (κ2) is 4.21. The van der Waals surface area contributed by atoms with Gasteiger partial charge in [-0.3, -0.25) is 0 Å². The van der Waals surface area contributed by atoms with E-state index in [1.165, 1.54) is 11.3 Å². The first-order valence-electron chi connectivity index (χ1n) is 4.02. The van der Waals surface area contributed by atoms with Gasteiger partial charge in [-0.25, -0.2) is 13.1 Å². The van der Waals surface area contributed by atoms with Crippen molar-refractivity contribution < 1.29 is 8.42 Å². The predicted octanol–water partition coefficient (Wildman–Crippen LogP) is 1.58. The van der Waals surface area contributed by atoms with Crippen LogP contribution >= 0.6 is 11.3 Å². The Hall–Kier alpha value is -0.390. The lowest BCUT2D eigenvalue weighted by Gasteiger charge is -2.07. The normalized spacial score (nSPS) is 12.2. The van der Waals surface area contributed by atoms with Crippen molar-refractivity contribution in [3.05, 3.63) is 22.4 Å². The van der Waals surface area contributed by atoms with E-state index in [0.717, 1.165) is 4.88 Å². The van der Waals surface area contributed by atoms with Crippen LogP contribution in [0.3, 0.4) is 0 Å². The lowest BCUT2D eigenvalue weighted by atomic mass is 10.4. The molecule has 13 heavy (non-hydrogen) atoms. The average molecular weight is 219 g/mol. The maximum Gasteiger partial charge on any atom is 0.216 e. The largest absolute Gasteiger partial charge is 0.216 e. The maximum atomic E-state index is 11.4. The van der Waals surface area contributed by atoms with Crippen LogP contribution in [0.25, 0.3) is 0 Å². The highest BCUT2D eigenvalue weighted by molar-refractivity contribution is 7.88. The molecule has 5 heteroatoms. The highest BCUT2D eigenvalue weighted by Crippen LogP contribution is 2.11. The Bertz CT molecular complexity index is 340.